The average molecular weight is 251 g/mol. The highest BCUT2D eigenvalue weighted by molar-refractivity contribution is 5.31. The SMILES string of the molecule is CCCCCC=CCOc1cccc(CN)c1F. The van der Waals surface area contributed by atoms with Gasteiger partial charge >= 0.3 is 0 Å². The summed E-state index contributed by atoms with van der Waals surface area (Å²) in [6.07, 6.45) is 8.75. The van der Waals surface area contributed by atoms with Gasteiger partial charge in [-0.25, -0.2) is 4.39 Å². The zero-order valence-corrected chi connectivity index (χ0v) is 11.0. The summed E-state index contributed by atoms with van der Waals surface area (Å²) in [4.78, 5) is 0. The predicted molar refractivity (Wildman–Crippen MR) is 73.1 cm³/mol. The van der Waals surface area contributed by atoms with Crippen molar-refractivity contribution in [3.63, 3.8) is 0 Å². The van der Waals surface area contributed by atoms with Gasteiger partial charge in [0.25, 0.3) is 0 Å². The number of nitrogens with two attached hydrogens (primary N) is 1. The van der Waals surface area contributed by atoms with Crippen LogP contribution in [0, 0.1) is 5.82 Å². The number of hydrogen-bond donors (Lipinski definition) is 1. The first-order valence-electron chi connectivity index (χ1n) is 6.54. The Hall–Kier alpha value is -1.35. The molecule has 0 unspecified atom stereocenters. The monoisotopic (exact) mass is 251 g/mol. The van der Waals surface area contributed by atoms with Crippen LogP contribution in [0.2, 0.25) is 0 Å². The van der Waals surface area contributed by atoms with Crippen molar-refractivity contribution in [2.75, 3.05) is 6.61 Å². The molecule has 0 amide bonds. The molecule has 0 fully saturated rings. The maximum atomic E-state index is 13.7. The standard InChI is InChI=1S/C15H22FNO/c1-2-3-4-5-6-7-11-18-14-10-8-9-13(12-17)15(14)16/h6-10H,2-5,11-12,17H2,1H3. The van der Waals surface area contributed by atoms with Crippen LogP contribution in [0.25, 0.3) is 0 Å². The van der Waals surface area contributed by atoms with E-state index in [1.54, 1.807) is 18.2 Å². The predicted octanol–water partition coefficient (Wildman–Crippen LogP) is 3.80. The van der Waals surface area contributed by atoms with Gasteiger partial charge in [0.15, 0.2) is 11.6 Å². The van der Waals surface area contributed by atoms with Crippen LogP contribution in [0.4, 0.5) is 4.39 Å². The molecule has 3 heteroatoms. The number of halogens is 1. The lowest BCUT2D eigenvalue weighted by molar-refractivity contribution is 0.339. The van der Waals surface area contributed by atoms with Crippen LogP contribution in [0.3, 0.4) is 0 Å². The molecule has 0 radical (unpaired) electrons. The molecule has 1 aromatic carbocycles. The van der Waals surface area contributed by atoms with E-state index < -0.39 is 0 Å². The van der Waals surface area contributed by atoms with Crippen molar-refractivity contribution < 1.29 is 9.13 Å². The molecule has 0 atom stereocenters. The third kappa shape index (κ3) is 4.88. The quantitative estimate of drug-likeness (QED) is 0.563. The van der Waals surface area contributed by atoms with E-state index in [1.165, 1.54) is 19.3 Å². The molecule has 2 nitrogen and oxygen atoms in total. The molecule has 0 aliphatic heterocycles. The Morgan fingerprint density at radius 2 is 2.11 bits per heavy atom. The Kier molecular flexibility index (Phi) is 7.11. The largest absolute Gasteiger partial charge is 0.486 e. The van der Waals surface area contributed by atoms with E-state index in [1.807, 2.05) is 6.08 Å². The Labute approximate surface area is 109 Å². The summed E-state index contributed by atoms with van der Waals surface area (Å²) >= 11 is 0. The molecular weight excluding hydrogens is 229 g/mol. The van der Waals surface area contributed by atoms with Gasteiger partial charge < -0.3 is 10.5 Å². The molecule has 1 rings (SSSR count). The molecule has 0 aliphatic carbocycles. The Bertz CT molecular complexity index is 377. The average Bonchev–Trinajstić information content (AvgIpc) is 2.39. The normalized spacial score (nSPS) is 11.1. The van der Waals surface area contributed by atoms with E-state index in [0.29, 0.717) is 12.2 Å². The highest BCUT2D eigenvalue weighted by Gasteiger charge is 2.06. The topological polar surface area (TPSA) is 35.2 Å². The number of rotatable bonds is 8. The number of unbranched alkanes of at least 4 members (excludes halogenated alkanes) is 3. The van der Waals surface area contributed by atoms with Crippen LogP contribution in [0.5, 0.6) is 5.75 Å². The summed E-state index contributed by atoms with van der Waals surface area (Å²) in [5, 5.41) is 0. The Morgan fingerprint density at radius 3 is 2.83 bits per heavy atom. The lowest BCUT2D eigenvalue weighted by Gasteiger charge is -2.07. The Balaban J connectivity index is 2.35. The third-order valence-corrected chi connectivity index (χ3v) is 2.74. The van der Waals surface area contributed by atoms with Crippen molar-refractivity contribution in [1.82, 2.24) is 0 Å². The molecule has 2 N–H and O–H groups in total. The minimum Gasteiger partial charge on any atom is -0.486 e. The first-order chi connectivity index (χ1) is 8.79. The Morgan fingerprint density at radius 1 is 1.28 bits per heavy atom. The van der Waals surface area contributed by atoms with Crippen LogP contribution in [-0.2, 0) is 6.54 Å². The number of allylic oxidation sites excluding steroid dienone is 1. The maximum absolute atomic E-state index is 13.7. The molecule has 0 saturated carbocycles. The minimum absolute atomic E-state index is 0.190. The zero-order valence-electron chi connectivity index (χ0n) is 11.0. The van der Waals surface area contributed by atoms with Gasteiger partial charge in [0.2, 0.25) is 0 Å². The van der Waals surface area contributed by atoms with E-state index in [9.17, 15) is 4.39 Å². The fraction of sp³-hybridized carbons (Fsp3) is 0.467. The highest BCUT2D eigenvalue weighted by atomic mass is 19.1. The van der Waals surface area contributed by atoms with E-state index in [-0.39, 0.29) is 18.1 Å². The smallest absolute Gasteiger partial charge is 0.169 e. The van der Waals surface area contributed by atoms with E-state index in [0.717, 1.165) is 6.42 Å². The molecule has 0 spiro atoms. The molecule has 18 heavy (non-hydrogen) atoms. The molecule has 100 valence electrons. The molecule has 0 aromatic heterocycles. The molecule has 1 aromatic rings. The second kappa shape index (κ2) is 8.70. The molecular formula is C15H22FNO. The number of hydrogen-bond acceptors (Lipinski definition) is 2. The van der Waals surface area contributed by atoms with Gasteiger partial charge in [0.05, 0.1) is 0 Å². The van der Waals surface area contributed by atoms with Crippen LogP contribution >= 0.6 is 0 Å². The van der Waals surface area contributed by atoms with Crippen molar-refractivity contribution in [1.29, 1.82) is 0 Å². The van der Waals surface area contributed by atoms with Crippen molar-refractivity contribution in [2.45, 2.75) is 39.2 Å². The van der Waals surface area contributed by atoms with Gasteiger partial charge in [-0.1, -0.05) is 44.1 Å². The van der Waals surface area contributed by atoms with Gasteiger partial charge in [-0.05, 0) is 18.9 Å². The summed E-state index contributed by atoms with van der Waals surface area (Å²) in [6, 6.07) is 5.05. The van der Waals surface area contributed by atoms with Crippen LogP contribution < -0.4 is 10.5 Å². The van der Waals surface area contributed by atoms with Crippen molar-refractivity contribution in [3.8, 4) is 5.75 Å². The molecule has 0 aliphatic rings. The number of ether oxygens (including phenoxy) is 1. The number of benzene rings is 1. The molecule has 0 saturated heterocycles. The first kappa shape index (κ1) is 14.7. The van der Waals surface area contributed by atoms with E-state index in [4.69, 9.17) is 10.5 Å². The second-order valence-corrected chi connectivity index (χ2v) is 4.21. The summed E-state index contributed by atoms with van der Waals surface area (Å²) in [5.74, 6) is -0.0736. The molecule has 0 heterocycles. The fourth-order valence-electron chi connectivity index (χ4n) is 1.66. The highest BCUT2D eigenvalue weighted by Crippen LogP contribution is 2.19. The summed E-state index contributed by atoms with van der Waals surface area (Å²) in [7, 11) is 0. The lowest BCUT2D eigenvalue weighted by atomic mass is 10.2. The van der Waals surface area contributed by atoms with Gasteiger partial charge in [-0.3, -0.25) is 0 Å². The summed E-state index contributed by atoms with van der Waals surface area (Å²) < 4.78 is 19.1. The van der Waals surface area contributed by atoms with Gasteiger partial charge in [-0.2, -0.15) is 0 Å². The fourth-order valence-corrected chi connectivity index (χ4v) is 1.66. The van der Waals surface area contributed by atoms with Gasteiger partial charge in [0, 0.05) is 12.1 Å². The van der Waals surface area contributed by atoms with Crippen LogP contribution in [0.15, 0.2) is 30.4 Å². The van der Waals surface area contributed by atoms with Gasteiger partial charge in [0.1, 0.15) is 6.61 Å². The van der Waals surface area contributed by atoms with E-state index >= 15 is 0 Å². The van der Waals surface area contributed by atoms with Crippen molar-refractivity contribution >= 4 is 0 Å². The van der Waals surface area contributed by atoms with Crippen LogP contribution in [0.1, 0.15) is 38.2 Å². The second-order valence-electron chi connectivity index (χ2n) is 4.21. The molecule has 0 bridgehead atoms. The zero-order chi connectivity index (χ0) is 13.2. The lowest BCUT2D eigenvalue weighted by Crippen LogP contribution is -2.03. The minimum atomic E-state index is -0.348. The van der Waals surface area contributed by atoms with Crippen molar-refractivity contribution in [3.05, 3.63) is 41.7 Å². The summed E-state index contributed by atoms with van der Waals surface area (Å²) in [5.41, 5.74) is 5.92. The van der Waals surface area contributed by atoms with Crippen molar-refractivity contribution in [2.24, 2.45) is 5.73 Å². The third-order valence-electron chi connectivity index (χ3n) is 2.74. The first-order valence-corrected chi connectivity index (χ1v) is 6.54. The van der Waals surface area contributed by atoms with E-state index in [2.05, 4.69) is 13.0 Å². The van der Waals surface area contributed by atoms with Gasteiger partial charge in [-0.15, -0.1) is 0 Å². The maximum Gasteiger partial charge on any atom is 0.169 e. The van der Waals surface area contributed by atoms with Crippen LogP contribution in [-0.4, -0.2) is 6.61 Å². The summed E-state index contributed by atoms with van der Waals surface area (Å²) in [6.45, 7) is 2.77.